The lowest BCUT2D eigenvalue weighted by Crippen LogP contribution is -2.17. The van der Waals surface area contributed by atoms with Crippen LogP contribution in [0.1, 0.15) is 24.3 Å². The minimum Gasteiger partial charge on any atom is -0.492 e. The summed E-state index contributed by atoms with van der Waals surface area (Å²) in [6.45, 7) is 1.47. The van der Waals surface area contributed by atoms with Crippen LogP contribution in [0.2, 0.25) is 5.02 Å². The number of para-hydroxylation sites is 1. The van der Waals surface area contributed by atoms with Crippen LogP contribution in [0, 0.1) is 0 Å². The molecule has 0 amide bonds. The molecule has 0 aromatic heterocycles. The number of rotatable bonds is 2. The van der Waals surface area contributed by atoms with Gasteiger partial charge in [0.2, 0.25) is 0 Å². The van der Waals surface area contributed by atoms with Gasteiger partial charge in [-0.25, -0.2) is 0 Å². The Morgan fingerprint density at radius 2 is 2.36 bits per heavy atom. The Labute approximate surface area is 89.0 Å². The van der Waals surface area contributed by atoms with Crippen LogP contribution in [-0.4, -0.2) is 13.2 Å². The summed E-state index contributed by atoms with van der Waals surface area (Å²) in [5.41, 5.74) is 6.80. The predicted molar refractivity (Wildman–Crippen MR) is 58.0 cm³/mol. The van der Waals surface area contributed by atoms with Crippen molar-refractivity contribution >= 4 is 11.6 Å². The summed E-state index contributed by atoms with van der Waals surface area (Å²) < 4.78 is 5.56. The maximum atomic E-state index is 6.05. The lowest BCUT2D eigenvalue weighted by atomic mass is 9.90. The maximum absolute atomic E-state index is 6.05. The molecule has 1 aliphatic rings. The molecule has 1 heterocycles. The molecule has 0 saturated heterocycles. The van der Waals surface area contributed by atoms with Gasteiger partial charge in [0.1, 0.15) is 5.75 Å². The lowest BCUT2D eigenvalue weighted by Gasteiger charge is -2.26. The molecular weight excluding hydrogens is 198 g/mol. The van der Waals surface area contributed by atoms with Gasteiger partial charge in [-0.3, -0.25) is 0 Å². The molecule has 0 bridgehead atoms. The van der Waals surface area contributed by atoms with Gasteiger partial charge in [-0.2, -0.15) is 0 Å². The fourth-order valence-corrected chi connectivity index (χ4v) is 2.20. The van der Waals surface area contributed by atoms with Gasteiger partial charge in [-0.15, -0.1) is 0 Å². The summed E-state index contributed by atoms with van der Waals surface area (Å²) in [6, 6.07) is 5.92. The second-order valence-electron chi connectivity index (χ2n) is 3.57. The standard InChI is InChI=1S/C11H14ClNO/c12-10-3-1-2-9-8(4-6-13)5-7-14-11(9)10/h1-3,8H,4-7,13H2. The van der Waals surface area contributed by atoms with Crippen LogP contribution in [0.25, 0.3) is 0 Å². The van der Waals surface area contributed by atoms with Crippen LogP contribution in [0.3, 0.4) is 0 Å². The number of halogens is 1. The van der Waals surface area contributed by atoms with Crippen LogP contribution >= 0.6 is 11.6 Å². The van der Waals surface area contributed by atoms with E-state index in [-0.39, 0.29) is 0 Å². The Hall–Kier alpha value is -0.730. The smallest absolute Gasteiger partial charge is 0.141 e. The average molecular weight is 212 g/mol. The van der Waals surface area contributed by atoms with E-state index in [1.54, 1.807) is 0 Å². The molecule has 1 atom stereocenters. The second kappa shape index (κ2) is 4.20. The topological polar surface area (TPSA) is 35.2 Å². The number of nitrogens with two attached hydrogens (primary N) is 1. The van der Waals surface area contributed by atoms with E-state index in [1.807, 2.05) is 12.1 Å². The van der Waals surface area contributed by atoms with E-state index < -0.39 is 0 Å². The normalized spacial score (nSPS) is 20.0. The fourth-order valence-electron chi connectivity index (χ4n) is 1.96. The monoisotopic (exact) mass is 211 g/mol. The predicted octanol–water partition coefficient (Wildman–Crippen LogP) is 2.55. The number of benzene rings is 1. The number of ether oxygens (including phenoxy) is 1. The number of fused-ring (bicyclic) bond motifs is 1. The van der Waals surface area contributed by atoms with Crippen molar-refractivity contribution in [3.05, 3.63) is 28.8 Å². The van der Waals surface area contributed by atoms with Gasteiger partial charge in [-0.1, -0.05) is 23.7 Å². The molecule has 0 saturated carbocycles. The molecule has 3 heteroatoms. The molecule has 2 rings (SSSR count). The van der Waals surface area contributed by atoms with E-state index in [0.717, 1.165) is 31.7 Å². The number of hydrogen-bond donors (Lipinski definition) is 1. The first kappa shape index (κ1) is 9.81. The van der Waals surface area contributed by atoms with Gasteiger partial charge in [-0.05, 0) is 36.9 Å². The lowest BCUT2D eigenvalue weighted by molar-refractivity contribution is 0.264. The highest BCUT2D eigenvalue weighted by molar-refractivity contribution is 6.32. The Morgan fingerprint density at radius 3 is 3.14 bits per heavy atom. The van der Waals surface area contributed by atoms with E-state index in [0.29, 0.717) is 10.9 Å². The van der Waals surface area contributed by atoms with Gasteiger partial charge in [0.15, 0.2) is 0 Å². The van der Waals surface area contributed by atoms with Crippen LogP contribution in [0.15, 0.2) is 18.2 Å². The van der Waals surface area contributed by atoms with E-state index in [9.17, 15) is 0 Å². The van der Waals surface area contributed by atoms with Crippen LogP contribution in [0.4, 0.5) is 0 Å². The van der Waals surface area contributed by atoms with E-state index >= 15 is 0 Å². The highest BCUT2D eigenvalue weighted by atomic mass is 35.5. The molecule has 0 radical (unpaired) electrons. The highest BCUT2D eigenvalue weighted by Gasteiger charge is 2.22. The molecule has 0 fully saturated rings. The third-order valence-corrected chi connectivity index (χ3v) is 2.96. The van der Waals surface area contributed by atoms with Crippen molar-refractivity contribution in [1.29, 1.82) is 0 Å². The summed E-state index contributed by atoms with van der Waals surface area (Å²) in [5, 5.41) is 0.712. The van der Waals surface area contributed by atoms with Crippen molar-refractivity contribution in [2.75, 3.05) is 13.2 Å². The quantitative estimate of drug-likeness (QED) is 0.816. The molecule has 1 aromatic carbocycles. The van der Waals surface area contributed by atoms with E-state index in [2.05, 4.69) is 6.07 Å². The zero-order chi connectivity index (χ0) is 9.97. The Bertz CT molecular complexity index is 327. The Kier molecular flexibility index (Phi) is 2.94. The summed E-state index contributed by atoms with van der Waals surface area (Å²) >= 11 is 6.05. The van der Waals surface area contributed by atoms with Crippen molar-refractivity contribution < 1.29 is 4.74 Å². The molecule has 1 aliphatic heterocycles. The maximum Gasteiger partial charge on any atom is 0.141 e. The van der Waals surface area contributed by atoms with Crippen molar-refractivity contribution in [1.82, 2.24) is 0 Å². The molecule has 1 unspecified atom stereocenters. The molecule has 0 spiro atoms. The van der Waals surface area contributed by atoms with Gasteiger partial charge < -0.3 is 10.5 Å². The van der Waals surface area contributed by atoms with E-state index in [1.165, 1.54) is 5.56 Å². The molecule has 0 aliphatic carbocycles. The van der Waals surface area contributed by atoms with Gasteiger partial charge in [0.25, 0.3) is 0 Å². The van der Waals surface area contributed by atoms with Crippen molar-refractivity contribution in [2.45, 2.75) is 18.8 Å². The first-order valence-electron chi connectivity index (χ1n) is 4.94. The van der Waals surface area contributed by atoms with Crippen LogP contribution in [0.5, 0.6) is 5.75 Å². The molecule has 14 heavy (non-hydrogen) atoms. The van der Waals surface area contributed by atoms with Crippen molar-refractivity contribution in [3.63, 3.8) is 0 Å². The van der Waals surface area contributed by atoms with Crippen molar-refractivity contribution in [3.8, 4) is 5.75 Å². The SMILES string of the molecule is NCCC1CCOc2c(Cl)cccc21. The highest BCUT2D eigenvalue weighted by Crippen LogP contribution is 2.39. The van der Waals surface area contributed by atoms with Gasteiger partial charge >= 0.3 is 0 Å². The average Bonchev–Trinajstić information content (AvgIpc) is 2.20. The van der Waals surface area contributed by atoms with Crippen LogP contribution in [-0.2, 0) is 0 Å². The summed E-state index contributed by atoms with van der Waals surface area (Å²) in [5.74, 6) is 1.38. The zero-order valence-electron chi connectivity index (χ0n) is 8.00. The Morgan fingerprint density at radius 1 is 1.50 bits per heavy atom. The minimum atomic E-state index is 0.516. The molecule has 1 aromatic rings. The first-order chi connectivity index (χ1) is 6.83. The zero-order valence-corrected chi connectivity index (χ0v) is 8.76. The first-order valence-corrected chi connectivity index (χ1v) is 5.32. The fraction of sp³-hybridized carbons (Fsp3) is 0.455. The number of hydrogen-bond acceptors (Lipinski definition) is 2. The Balaban J connectivity index is 2.34. The largest absolute Gasteiger partial charge is 0.492 e. The summed E-state index contributed by atoms with van der Waals surface area (Å²) in [6.07, 6.45) is 2.06. The van der Waals surface area contributed by atoms with E-state index in [4.69, 9.17) is 22.1 Å². The van der Waals surface area contributed by atoms with Crippen molar-refractivity contribution in [2.24, 2.45) is 5.73 Å². The second-order valence-corrected chi connectivity index (χ2v) is 3.98. The molecule has 2 nitrogen and oxygen atoms in total. The van der Waals surface area contributed by atoms with Gasteiger partial charge in [0, 0.05) is 0 Å². The minimum absolute atomic E-state index is 0.516. The third-order valence-electron chi connectivity index (χ3n) is 2.67. The van der Waals surface area contributed by atoms with Gasteiger partial charge in [0.05, 0.1) is 11.6 Å². The summed E-state index contributed by atoms with van der Waals surface area (Å²) in [7, 11) is 0. The third kappa shape index (κ3) is 1.72. The molecular formula is C11H14ClNO. The van der Waals surface area contributed by atoms with Crippen LogP contribution < -0.4 is 10.5 Å². The molecule has 2 N–H and O–H groups in total. The summed E-state index contributed by atoms with van der Waals surface area (Å²) in [4.78, 5) is 0. The molecule has 76 valence electrons.